The molecule has 0 fully saturated rings. The summed E-state index contributed by atoms with van der Waals surface area (Å²) in [7, 11) is 0. The van der Waals surface area contributed by atoms with Crippen LogP contribution >= 0.6 is 0 Å². The van der Waals surface area contributed by atoms with E-state index in [2.05, 4.69) is 61.0 Å². The Balaban J connectivity index is 1.86. The van der Waals surface area contributed by atoms with Crippen molar-refractivity contribution in [3.8, 4) is 0 Å². The lowest BCUT2D eigenvalue weighted by molar-refractivity contribution is 0.539. The van der Waals surface area contributed by atoms with Crippen molar-refractivity contribution in [2.24, 2.45) is 5.73 Å². The molecule has 1 atom stereocenters. The van der Waals surface area contributed by atoms with Gasteiger partial charge in [-0.25, -0.2) is 0 Å². The van der Waals surface area contributed by atoms with Gasteiger partial charge >= 0.3 is 0 Å². The number of dihydropyridines is 1. The molecular formula is C18H27N3. The van der Waals surface area contributed by atoms with Gasteiger partial charge in [-0.1, -0.05) is 49.3 Å². The molecule has 0 radical (unpaired) electrons. The Kier molecular flexibility index (Phi) is 6.03. The fourth-order valence-corrected chi connectivity index (χ4v) is 2.54. The molecule has 1 aliphatic rings. The van der Waals surface area contributed by atoms with E-state index in [1.807, 2.05) is 0 Å². The number of nitrogens with two attached hydrogens (primary N) is 1. The van der Waals surface area contributed by atoms with Gasteiger partial charge in [-0.2, -0.15) is 0 Å². The second kappa shape index (κ2) is 8.01. The SMILES string of the molecule is CCC[C@@H](N)CNCc1ccc(C2=CNCC(C)=C2)cc1. The lowest BCUT2D eigenvalue weighted by Crippen LogP contribution is -2.33. The Morgan fingerprint density at radius 2 is 2.05 bits per heavy atom. The number of hydrogen-bond donors (Lipinski definition) is 3. The molecule has 3 heteroatoms. The molecule has 3 nitrogen and oxygen atoms in total. The maximum Gasteiger partial charge on any atom is 0.0355 e. The van der Waals surface area contributed by atoms with E-state index >= 15 is 0 Å². The first-order chi connectivity index (χ1) is 10.2. The van der Waals surface area contributed by atoms with Crippen molar-refractivity contribution in [1.29, 1.82) is 0 Å². The molecule has 0 unspecified atom stereocenters. The Hall–Kier alpha value is -1.58. The third-order valence-corrected chi connectivity index (χ3v) is 3.72. The van der Waals surface area contributed by atoms with E-state index in [9.17, 15) is 0 Å². The van der Waals surface area contributed by atoms with Crippen molar-refractivity contribution in [2.45, 2.75) is 39.3 Å². The van der Waals surface area contributed by atoms with Gasteiger partial charge in [0.2, 0.25) is 0 Å². The van der Waals surface area contributed by atoms with Crippen molar-refractivity contribution < 1.29 is 0 Å². The Morgan fingerprint density at radius 1 is 1.29 bits per heavy atom. The average Bonchev–Trinajstić information content (AvgIpc) is 2.48. The van der Waals surface area contributed by atoms with Gasteiger partial charge in [-0.05, 0) is 30.0 Å². The van der Waals surface area contributed by atoms with Gasteiger partial charge < -0.3 is 16.4 Å². The smallest absolute Gasteiger partial charge is 0.0355 e. The number of nitrogens with one attached hydrogen (secondary N) is 2. The number of benzene rings is 1. The molecule has 2 rings (SSSR count). The van der Waals surface area contributed by atoms with Crippen LogP contribution in [0.15, 0.2) is 42.1 Å². The summed E-state index contributed by atoms with van der Waals surface area (Å²) in [5, 5.41) is 6.73. The summed E-state index contributed by atoms with van der Waals surface area (Å²) in [6.45, 7) is 7.03. The number of rotatable bonds is 7. The van der Waals surface area contributed by atoms with E-state index in [1.165, 1.54) is 22.3 Å². The van der Waals surface area contributed by atoms with Crippen LogP contribution in [0.4, 0.5) is 0 Å². The van der Waals surface area contributed by atoms with Crippen LogP contribution < -0.4 is 16.4 Å². The van der Waals surface area contributed by atoms with Crippen molar-refractivity contribution >= 4 is 5.57 Å². The van der Waals surface area contributed by atoms with Crippen molar-refractivity contribution in [1.82, 2.24) is 10.6 Å². The zero-order chi connectivity index (χ0) is 15.1. The monoisotopic (exact) mass is 285 g/mol. The van der Waals surface area contributed by atoms with E-state index in [0.717, 1.165) is 32.5 Å². The van der Waals surface area contributed by atoms with Crippen LogP contribution in [-0.2, 0) is 6.54 Å². The molecule has 1 aromatic carbocycles. The summed E-state index contributed by atoms with van der Waals surface area (Å²) in [6, 6.07) is 9.01. The first-order valence-electron chi connectivity index (χ1n) is 7.85. The highest BCUT2D eigenvalue weighted by Crippen LogP contribution is 2.19. The first-order valence-corrected chi connectivity index (χ1v) is 7.85. The highest BCUT2D eigenvalue weighted by atomic mass is 14.9. The molecule has 0 aliphatic carbocycles. The largest absolute Gasteiger partial charge is 0.387 e. The maximum absolute atomic E-state index is 6.00. The molecule has 21 heavy (non-hydrogen) atoms. The highest BCUT2D eigenvalue weighted by molar-refractivity contribution is 5.75. The van der Waals surface area contributed by atoms with E-state index in [0.29, 0.717) is 0 Å². The van der Waals surface area contributed by atoms with Crippen LogP contribution in [0.1, 0.15) is 37.8 Å². The third kappa shape index (κ3) is 5.03. The topological polar surface area (TPSA) is 50.1 Å². The minimum Gasteiger partial charge on any atom is -0.387 e. The minimum atomic E-state index is 0.265. The van der Waals surface area contributed by atoms with Crippen LogP contribution in [-0.4, -0.2) is 19.1 Å². The lowest BCUT2D eigenvalue weighted by atomic mass is 10.0. The minimum absolute atomic E-state index is 0.265. The van der Waals surface area contributed by atoms with Gasteiger partial charge in [0, 0.05) is 31.9 Å². The van der Waals surface area contributed by atoms with Crippen LogP contribution in [0.2, 0.25) is 0 Å². The Bertz CT molecular complexity index is 500. The van der Waals surface area contributed by atoms with Gasteiger partial charge in [0.25, 0.3) is 0 Å². The van der Waals surface area contributed by atoms with Crippen molar-refractivity contribution in [3.63, 3.8) is 0 Å². The highest BCUT2D eigenvalue weighted by Gasteiger charge is 2.04. The zero-order valence-electron chi connectivity index (χ0n) is 13.2. The van der Waals surface area contributed by atoms with Crippen LogP contribution in [0, 0.1) is 0 Å². The summed E-state index contributed by atoms with van der Waals surface area (Å²) in [6.07, 6.45) is 6.56. The molecule has 1 aliphatic heterocycles. The quantitative estimate of drug-likeness (QED) is 0.722. The molecular weight excluding hydrogens is 258 g/mol. The molecule has 0 aromatic heterocycles. The molecule has 0 saturated carbocycles. The Labute approximate surface area is 128 Å². The third-order valence-electron chi connectivity index (χ3n) is 3.72. The summed E-state index contributed by atoms with van der Waals surface area (Å²) in [4.78, 5) is 0. The molecule has 0 bridgehead atoms. The molecule has 0 saturated heterocycles. The van der Waals surface area contributed by atoms with Gasteiger partial charge in [0.05, 0.1) is 0 Å². The van der Waals surface area contributed by atoms with E-state index in [1.54, 1.807) is 0 Å². The summed E-state index contributed by atoms with van der Waals surface area (Å²) < 4.78 is 0. The van der Waals surface area contributed by atoms with Crippen LogP contribution in [0.3, 0.4) is 0 Å². The second-order valence-corrected chi connectivity index (χ2v) is 5.85. The molecule has 114 valence electrons. The average molecular weight is 285 g/mol. The number of hydrogen-bond acceptors (Lipinski definition) is 3. The van der Waals surface area contributed by atoms with Gasteiger partial charge in [0.1, 0.15) is 0 Å². The maximum atomic E-state index is 6.00. The van der Waals surface area contributed by atoms with Gasteiger partial charge in [0.15, 0.2) is 0 Å². The fraction of sp³-hybridized carbons (Fsp3) is 0.444. The van der Waals surface area contributed by atoms with E-state index in [4.69, 9.17) is 5.73 Å². The summed E-state index contributed by atoms with van der Waals surface area (Å²) >= 11 is 0. The number of allylic oxidation sites excluding steroid dienone is 2. The normalized spacial score (nSPS) is 16.0. The van der Waals surface area contributed by atoms with E-state index in [-0.39, 0.29) is 6.04 Å². The second-order valence-electron chi connectivity index (χ2n) is 5.85. The summed E-state index contributed by atoms with van der Waals surface area (Å²) in [5.74, 6) is 0. The molecule has 0 amide bonds. The molecule has 4 N–H and O–H groups in total. The van der Waals surface area contributed by atoms with Crippen molar-refractivity contribution in [2.75, 3.05) is 13.1 Å². The first kappa shape index (κ1) is 15.8. The molecule has 1 aromatic rings. The predicted octanol–water partition coefficient (Wildman–Crippen LogP) is 2.79. The standard InChI is InChI=1S/C18H27N3/c1-3-4-18(19)13-21-11-15-5-7-16(8-6-15)17-9-14(2)10-20-12-17/h5-9,12,18,20-21H,3-4,10-11,13,19H2,1-2H3/t18-/m1/s1. The predicted molar refractivity (Wildman–Crippen MR) is 90.8 cm³/mol. The Morgan fingerprint density at radius 3 is 2.71 bits per heavy atom. The van der Waals surface area contributed by atoms with Gasteiger partial charge in [-0.3, -0.25) is 0 Å². The summed E-state index contributed by atoms with van der Waals surface area (Å²) in [5.41, 5.74) is 11.2. The lowest BCUT2D eigenvalue weighted by Gasteiger charge is -2.14. The zero-order valence-corrected chi connectivity index (χ0v) is 13.2. The fourth-order valence-electron chi connectivity index (χ4n) is 2.54. The molecule has 1 heterocycles. The molecule has 0 spiro atoms. The van der Waals surface area contributed by atoms with Crippen LogP contribution in [0.5, 0.6) is 0 Å². The van der Waals surface area contributed by atoms with E-state index < -0.39 is 0 Å². The van der Waals surface area contributed by atoms with Crippen LogP contribution in [0.25, 0.3) is 5.57 Å². The van der Waals surface area contributed by atoms with Crippen molar-refractivity contribution in [3.05, 3.63) is 53.2 Å². The van der Waals surface area contributed by atoms with Gasteiger partial charge in [-0.15, -0.1) is 0 Å².